The van der Waals surface area contributed by atoms with E-state index in [2.05, 4.69) is 40.7 Å². The first-order valence-corrected chi connectivity index (χ1v) is 6.36. The van der Waals surface area contributed by atoms with E-state index in [4.69, 9.17) is 4.74 Å². The summed E-state index contributed by atoms with van der Waals surface area (Å²) in [6.45, 7) is 7.92. The summed E-state index contributed by atoms with van der Waals surface area (Å²) in [5, 5.41) is 0. The lowest BCUT2D eigenvalue weighted by Crippen LogP contribution is -2.48. The third kappa shape index (κ3) is 2.72. The summed E-state index contributed by atoms with van der Waals surface area (Å²) < 4.78 is 5.29. The van der Waals surface area contributed by atoms with Crippen LogP contribution in [-0.2, 0) is 4.74 Å². The van der Waals surface area contributed by atoms with E-state index in [0.29, 0.717) is 0 Å². The molecular formula is C13H22N4O. The summed E-state index contributed by atoms with van der Waals surface area (Å²) in [6, 6.07) is 2.03. The number of rotatable bonds is 5. The first-order chi connectivity index (χ1) is 8.54. The van der Waals surface area contributed by atoms with E-state index >= 15 is 0 Å². The van der Waals surface area contributed by atoms with Crippen molar-refractivity contribution in [1.82, 2.24) is 9.97 Å². The Kier molecular flexibility index (Phi) is 3.71. The predicted octanol–water partition coefficient (Wildman–Crippen LogP) is 1.41. The van der Waals surface area contributed by atoms with Crippen LogP contribution in [0, 0.1) is 5.41 Å². The van der Waals surface area contributed by atoms with E-state index in [-0.39, 0.29) is 5.41 Å². The minimum absolute atomic E-state index is 0.260. The molecule has 1 aromatic heterocycles. The van der Waals surface area contributed by atoms with Gasteiger partial charge in [0.05, 0.1) is 13.2 Å². The van der Waals surface area contributed by atoms with Crippen LogP contribution in [0.5, 0.6) is 0 Å². The Morgan fingerprint density at radius 2 is 1.83 bits per heavy atom. The molecule has 1 aliphatic rings. The van der Waals surface area contributed by atoms with Gasteiger partial charge in [0, 0.05) is 38.7 Å². The molecule has 5 nitrogen and oxygen atoms in total. The van der Waals surface area contributed by atoms with Crippen molar-refractivity contribution in [2.75, 3.05) is 50.2 Å². The molecule has 0 aliphatic carbocycles. The topological polar surface area (TPSA) is 41.5 Å². The van der Waals surface area contributed by atoms with Crippen molar-refractivity contribution in [1.29, 1.82) is 0 Å². The fourth-order valence-corrected chi connectivity index (χ4v) is 2.11. The van der Waals surface area contributed by atoms with Gasteiger partial charge in [-0.1, -0.05) is 6.92 Å². The molecule has 0 unspecified atom stereocenters. The maximum atomic E-state index is 5.29. The van der Waals surface area contributed by atoms with E-state index < -0.39 is 0 Å². The molecule has 1 saturated heterocycles. The van der Waals surface area contributed by atoms with Crippen molar-refractivity contribution in [3.63, 3.8) is 0 Å². The van der Waals surface area contributed by atoms with Gasteiger partial charge in [-0.25, -0.2) is 9.97 Å². The molecule has 5 heteroatoms. The zero-order chi connectivity index (χ0) is 13.2. The number of aromatic nitrogens is 2. The number of hydrogen-bond acceptors (Lipinski definition) is 5. The van der Waals surface area contributed by atoms with Crippen LogP contribution < -0.4 is 9.80 Å². The molecule has 0 atom stereocenters. The number of hydrogen-bond donors (Lipinski definition) is 0. The average molecular weight is 250 g/mol. The summed E-state index contributed by atoms with van der Waals surface area (Å²) in [5.74, 6) is 1.93. The molecule has 100 valence electrons. The molecule has 0 aromatic carbocycles. The van der Waals surface area contributed by atoms with Crippen molar-refractivity contribution in [3.8, 4) is 0 Å². The van der Waals surface area contributed by atoms with Crippen molar-refractivity contribution < 1.29 is 4.74 Å². The van der Waals surface area contributed by atoms with E-state index in [0.717, 1.165) is 37.9 Å². The van der Waals surface area contributed by atoms with Crippen molar-refractivity contribution >= 4 is 11.6 Å². The van der Waals surface area contributed by atoms with Crippen LogP contribution in [0.2, 0.25) is 0 Å². The molecule has 1 aliphatic heterocycles. The maximum Gasteiger partial charge on any atom is 0.133 e. The first kappa shape index (κ1) is 13.1. The molecule has 0 saturated carbocycles. The van der Waals surface area contributed by atoms with Gasteiger partial charge in [0.2, 0.25) is 0 Å². The van der Waals surface area contributed by atoms with Gasteiger partial charge in [-0.15, -0.1) is 0 Å². The molecular weight excluding hydrogens is 228 g/mol. The molecule has 2 heterocycles. The lowest BCUT2D eigenvalue weighted by Gasteiger charge is -2.41. The van der Waals surface area contributed by atoms with Gasteiger partial charge >= 0.3 is 0 Å². The third-order valence-electron chi connectivity index (χ3n) is 3.41. The Labute approximate surface area is 109 Å². The normalized spacial score (nSPS) is 17.1. The average Bonchev–Trinajstić information content (AvgIpc) is 2.36. The summed E-state index contributed by atoms with van der Waals surface area (Å²) in [5.41, 5.74) is 0.260. The highest BCUT2D eigenvalue weighted by molar-refractivity contribution is 5.49. The van der Waals surface area contributed by atoms with Gasteiger partial charge in [0.1, 0.15) is 18.0 Å². The van der Waals surface area contributed by atoms with E-state index in [9.17, 15) is 0 Å². The molecule has 18 heavy (non-hydrogen) atoms. The van der Waals surface area contributed by atoms with Gasteiger partial charge in [0.15, 0.2) is 0 Å². The summed E-state index contributed by atoms with van der Waals surface area (Å²) >= 11 is 0. The van der Waals surface area contributed by atoms with Crippen LogP contribution in [0.3, 0.4) is 0 Å². The SMILES string of the molecule is CCN(C)c1cc(N(C)CC2(C)COC2)ncn1. The monoisotopic (exact) mass is 250 g/mol. The third-order valence-corrected chi connectivity index (χ3v) is 3.41. The van der Waals surface area contributed by atoms with Gasteiger partial charge in [-0.05, 0) is 6.92 Å². The smallest absolute Gasteiger partial charge is 0.133 e. The molecule has 1 aromatic rings. The van der Waals surface area contributed by atoms with Crippen LogP contribution in [-0.4, -0.2) is 50.4 Å². The summed E-state index contributed by atoms with van der Waals surface area (Å²) in [6.07, 6.45) is 1.63. The highest BCUT2D eigenvalue weighted by Crippen LogP contribution is 2.28. The van der Waals surface area contributed by atoms with Gasteiger partial charge in [-0.3, -0.25) is 0 Å². The summed E-state index contributed by atoms with van der Waals surface area (Å²) in [7, 11) is 4.11. The molecule has 0 bridgehead atoms. The zero-order valence-electron chi connectivity index (χ0n) is 11.7. The second kappa shape index (κ2) is 5.10. The van der Waals surface area contributed by atoms with Crippen LogP contribution in [0.25, 0.3) is 0 Å². The predicted molar refractivity (Wildman–Crippen MR) is 73.2 cm³/mol. The van der Waals surface area contributed by atoms with Gasteiger partial charge < -0.3 is 14.5 Å². The van der Waals surface area contributed by atoms with Gasteiger partial charge in [-0.2, -0.15) is 0 Å². The lowest BCUT2D eigenvalue weighted by atomic mass is 9.88. The fourth-order valence-electron chi connectivity index (χ4n) is 2.11. The molecule has 0 amide bonds. The zero-order valence-corrected chi connectivity index (χ0v) is 11.7. The first-order valence-electron chi connectivity index (χ1n) is 6.36. The van der Waals surface area contributed by atoms with Crippen LogP contribution in [0.1, 0.15) is 13.8 Å². The quantitative estimate of drug-likeness (QED) is 0.790. The minimum Gasteiger partial charge on any atom is -0.380 e. The molecule has 0 N–H and O–H groups in total. The fraction of sp³-hybridized carbons (Fsp3) is 0.692. The molecule has 0 radical (unpaired) electrons. The highest BCUT2D eigenvalue weighted by Gasteiger charge is 2.34. The molecule has 2 rings (SSSR count). The molecule has 1 fully saturated rings. The number of anilines is 2. The van der Waals surface area contributed by atoms with E-state index in [1.54, 1.807) is 6.33 Å². The van der Waals surface area contributed by atoms with Crippen LogP contribution in [0.4, 0.5) is 11.6 Å². The van der Waals surface area contributed by atoms with E-state index in [1.807, 2.05) is 13.1 Å². The Balaban J connectivity index is 2.07. The van der Waals surface area contributed by atoms with E-state index in [1.165, 1.54) is 0 Å². The van der Waals surface area contributed by atoms with Crippen molar-refractivity contribution in [2.24, 2.45) is 5.41 Å². The van der Waals surface area contributed by atoms with Gasteiger partial charge in [0.25, 0.3) is 0 Å². The summed E-state index contributed by atoms with van der Waals surface area (Å²) in [4.78, 5) is 12.9. The largest absolute Gasteiger partial charge is 0.380 e. The Bertz CT molecular complexity index is 406. The Morgan fingerprint density at radius 1 is 1.22 bits per heavy atom. The second-order valence-corrected chi connectivity index (χ2v) is 5.41. The Hall–Kier alpha value is -1.36. The van der Waals surface area contributed by atoms with Crippen LogP contribution in [0.15, 0.2) is 12.4 Å². The number of ether oxygens (including phenoxy) is 1. The standard InChI is InChI=1S/C13H22N4O/c1-5-16(3)11-6-12(15-10-14-11)17(4)7-13(2)8-18-9-13/h6,10H,5,7-9H2,1-4H3. The maximum absolute atomic E-state index is 5.29. The molecule has 0 spiro atoms. The minimum atomic E-state index is 0.260. The van der Waals surface area contributed by atoms with Crippen LogP contribution >= 0.6 is 0 Å². The van der Waals surface area contributed by atoms with Crippen molar-refractivity contribution in [3.05, 3.63) is 12.4 Å². The Morgan fingerprint density at radius 3 is 2.33 bits per heavy atom. The lowest BCUT2D eigenvalue weighted by molar-refractivity contribution is -0.0952. The highest BCUT2D eigenvalue weighted by atomic mass is 16.5. The number of nitrogens with zero attached hydrogens (tertiary/aromatic N) is 4. The second-order valence-electron chi connectivity index (χ2n) is 5.41. The van der Waals surface area contributed by atoms with Crippen molar-refractivity contribution in [2.45, 2.75) is 13.8 Å².